The molecule has 0 fully saturated rings. The normalized spacial score (nSPS) is 10.7. The molecule has 3 aromatic heterocycles. The summed E-state index contributed by atoms with van der Waals surface area (Å²) >= 11 is 0. The van der Waals surface area contributed by atoms with Crippen molar-refractivity contribution in [2.45, 2.75) is 13.5 Å². The van der Waals surface area contributed by atoms with Gasteiger partial charge in [0, 0.05) is 11.9 Å². The van der Waals surface area contributed by atoms with Crippen molar-refractivity contribution in [2.24, 2.45) is 0 Å². The zero-order valence-corrected chi connectivity index (χ0v) is 10.0. The maximum atomic E-state index is 4.27. The van der Waals surface area contributed by atoms with E-state index in [1.54, 1.807) is 12.5 Å². The van der Waals surface area contributed by atoms with Gasteiger partial charge in [-0.2, -0.15) is 0 Å². The van der Waals surface area contributed by atoms with Gasteiger partial charge in [0.25, 0.3) is 0 Å². The van der Waals surface area contributed by atoms with E-state index in [1.807, 2.05) is 31.2 Å². The first kappa shape index (κ1) is 10.7. The third kappa shape index (κ3) is 2.02. The van der Waals surface area contributed by atoms with Crippen molar-refractivity contribution in [3.63, 3.8) is 0 Å². The SMILES string of the molecule is Cc1cc2c(NCc3ccccn3)ncnc2[nH]1. The highest BCUT2D eigenvalue weighted by atomic mass is 15.0. The Kier molecular flexibility index (Phi) is 2.64. The van der Waals surface area contributed by atoms with Crippen molar-refractivity contribution in [1.29, 1.82) is 0 Å². The number of H-pyrrole nitrogens is 1. The zero-order valence-electron chi connectivity index (χ0n) is 10.0. The molecule has 0 bridgehead atoms. The molecular weight excluding hydrogens is 226 g/mol. The van der Waals surface area contributed by atoms with Crippen LogP contribution in [0.2, 0.25) is 0 Å². The van der Waals surface area contributed by atoms with Crippen LogP contribution in [0.3, 0.4) is 0 Å². The Morgan fingerprint density at radius 2 is 2.17 bits per heavy atom. The fourth-order valence-electron chi connectivity index (χ4n) is 1.89. The van der Waals surface area contributed by atoms with Crippen LogP contribution in [0.4, 0.5) is 5.82 Å². The molecule has 18 heavy (non-hydrogen) atoms. The van der Waals surface area contributed by atoms with E-state index in [9.17, 15) is 0 Å². The van der Waals surface area contributed by atoms with E-state index in [4.69, 9.17) is 0 Å². The summed E-state index contributed by atoms with van der Waals surface area (Å²) in [4.78, 5) is 15.9. The first-order valence-corrected chi connectivity index (χ1v) is 5.77. The fraction of sp³-hybridized carbons (Fsp3) is 0.154. The summed E-state index contributed by atoms with van der Waals surface area (Å²) in [6.07, 6.45) is 3.34. The van der Waals surface area contributed by atoms with Crippen molar-refractivity contribution in [3.05, 3.63) is 48.2 Å². The quantitative estimate of drug-likeness (QED) is 0.735. The summed E-state index contributed by atoms with van der Waals surface area (Å²) in [6, 6.07) is 7.89. The van der Waals surface area contributed by atoms with Crippen LogP contribution in [0.5, 0.6) is 0 Å². The number of nitrogens with one attached hydrogen (secondary N) is 2. The molecule has 3 heterocycles. The van der Waals surface area contributed by atoms with Crippen molar-refractivity contribution >= 4 is 16.9 Å². The number of rotatable bonds is 3. The Bertz CT molecular complexity index is 659. The van der Waals surface area contributed by atoms with E-state index in [0.29, 0.717) is 6.54 Å². The largest absolute Gasteiger partial charge is 0.364 e. The Hall–Kier alpha value is -2.43. The van der Waals surface area contributed by atoms with Gasteiger partial charge in [0.1, 0.15) is 17.8 Å². The minimum absolute atomic E-state index is 0.650. The second-order valence-electron chi connectivity index (χ2n) is 4.11. The van der Waals surface area contributed by atoms with E-state index in [0.717, 1.165) is 28.2 Å². The average molecular weight is 239 g/mol. The predicted octanol–water partition coefficient (Wildman–Crippen LogP) is 2.27. The van der Waals surface area contributed by atoms with Crippen molar-refractivity contribution in [2.75, 3.05) is 5.32 Å². The number of aryl methyl sites for hydroxylation is 1. The van der Waals surface area contributed by atoms with Gasteiger partial charge in [0.2, 0.25) is 0 Å². The minimum Gasteiger partial charge on any atom is -0.364 e. The van der Waals surface area contributed by atoms with Gasteiger partial charge in [0.15, 0.2) is 0 Å². The lowest BCUT2D eigenvalue weighted by Gasteiger charge is -2.05. The number of fused-ring (bicyclic) bond motifs is 1. The third-order valence-electron chi connectivity index (χ3n) is 2.72. The number of aromatic nitrogens is 4. The molecule has 0 aliphatic carbocycles. The second-order valence-corrected chi connectivity index (χ2v) is 4.11. The number of hydrogen-bond donors (Lipinski definition) is 2. The summed E-state index contributed by atoms with van der Waals surface area (Å²) in [5.74, 6) is 0.829. The van der Waals surface area contributed by atoms with Gasteiger partial charge in [-0.05, 0) is 25.1 Å². The number of aromatic amines is 1. The molecule has 2 N–H and O–H groups in total. The average Bonchev–Trinajstić information content (AvgIpc) is 2.78. The predicted molar refractivity (Wildman–Crippen MR) is 70.2 cm³/mol. The molecular formula is C13H13N5. The highest BCUT2D eigenvalue weighted by molar-refractivity contribution is 5.87. The molecule has 3 rings (SSSR count). The fourth-order valence-corrected chi connectivity index (χ4v) is 1.89. The van der Waals surface area contributed by atoms with Crippen LogP contribution >= 0.6 is 0 Å². The molecule has 3 aromatic rings. The van der Waals surface area contributed by atoms with E-state index in [1.165, 1.54) is 0 Å². The molecule has 0 aliphatic heterocycles. The zero-order chi connectivity index (χ0) is 12.4. The highest BCUT2D eigenvalue weighted by Gasteiger charge is 2.05. The number of anilines is 1. The van der Waals surface area contributed by atoms with E-state index in [-0.39, 0.29) is 0 Å². The van der Waals surface area contributed by atoms with Gasteiger partial charge >= 0.3 is 0 Å². The first-order valence-electron chi connectivity index (χ1n) is 5.77. The Labute approximate surface area is 104 Å². The van der Waals surface area contributed by atoms with E-state index >= 15 is 0 Å². The summed E-state index contributed by atoms with van der Waals surface area (Å²) in [5.41, 5.74) is 2.91. The topological polar surface area (TPSA) is 66.5 Å². The minimum atomic E-state index is 0.650. The lowest BCUT2D eigenvalue weighted by Crippen LogP contribution is -2.03. The van der Waals surface area contributed by atoms with Gasteiger partial charge in [-0.3, -0.25) is 4.98 Å². The van der Waals surface area contributed by atoms with Crippen LogP contribution in [-0.2, 0) is 6.54 Å². The smallest absolute Gasteiger partial charge is 0.143 e. The molecule has 0 spiro atoms. The molecule has 5 heteroatoms. The maximum Gasteiger partial charge on any atom is 0.143 e. The molecule has 5 nitrogen and oxygen atoms in total. The number of hydrogen-bond acceptors (Lipinski definition) is 4. The van der Waals surface area contributed by atoms with Crippen LogP contribution in [0.25, 0.3) is 11.0 Å². The van der Waals surface area contributed by atoms with Crippen LogP contribution in [0.1, 0.15) is 11.4 Å². The lowest BCUT2D eigenvalue weighted by atomic mass is 10.3. The number of nitrogens with zero attached hydrogens (tertiary/aromatic N) is 3. The van der Waals surface area contributed by atoms with Crippen LogP contribution in [-0.4, -0.2) is 19.9 Å². The molecule has 90 valence electrons. The van der Waals surface area contributed by atoms with Crippen LogP contribution in [0.15, 0.2) is 36.8 Å². The third-order valence-corrected chi connectivity index (χ3v) is 2.72. The molecule has 0 aliphatic rings. The van der Waals surface area contributed by atoms with Gasteiger partial charge in [-0.1, -0.05) is 6.07 Å². The van der Waals surface area contributed by atoms with Crippen LogP contribution < -0.4 is 5.32 Å². The van der Waals surface area contributed by atoms with Crippen molar-refractivity contribution in [3.8, 4) is 0 Å². The van der Waals surface area contributed by atoms with E-state index in [2.05, 4.69) is 25.3 Å². The van der Waals surface area contributed by atoms with Gasteiger partial charge in [0.05, 0.1) is 17.6 Å². The summed E-state index contributed by atoms with van der Waals surface area (Å²) in [5, 5.41) is 4.29. The monoisotopic (exact) mass is 239 g/mol. The van der Waals surface area contributed by atoms with Gasteiger partial charge in [-0.25, -0.2) is 9.97 Å². The summed E-state index contributed by atoms with van der Waals surface area (Å²) < 4.78 is 0. The van der Waals surface area contributed by atoms with E-state index < -0.39 is 0 Å². The maximum absolute atomic E-state index is 4.27. The van der Waals surface area contributed by atoms with Crippen molar-refractivity contribution in [1.82, 2.24) is 19.9 Å². The molecule has 0 saturated heterocycles. The molecule has 0 atom stereocenters. The van der Waals surface area contributed by atoms with Crippen molar-refractivity contribution < 1.29 is 0 Å². The van der Waals surface area contributed by atoms with Gasteiger partial charge in [-0.15, -0.1) is 0 Å². The van der Waals surface area contributed by atoms with Gasteiger partial charge < -0.3 is 10.3 Å². The summed E-state index contributed by atoms with van der Waals surface area (Å²) in [6.45, 7) is 2.65. The summed E-state index contributed by atoms with van der Waals surface area (Å²) in [7, 11) is 0. The second kappa shape index (κ2) is 4.44. The number of pyridine rings is 1. The molecule has 0 radical (unpaired) electrons. The molecule has 0 amide bonds. The molecule has 0 saturated carbocycles. The Morgan fingerprint density at radius 1 is 1.22 bits per heavy atom. The highest BCUT2D eigenvalue weighted by Crippen LogP contribution is 2.20. The Morgan fingerprint density at radius 3 is 3.00 bits per heavy atom. The Balaban J connectivity index is 1.86. The lowest BCUT2D eigenvalue weighted by molar-refractivity contribution is 1.03. The molecule has 0 aromatic carbocycles. The first-order chi connectivity index (χ1) is 8.83. The van der Waals surface area contributed by atoms with Crippen LogP contribution in [0, 0.1) is 6.92 Å². The standard InChI is InChI=1S/C13H13N5/c1-9-6-11-12(16-8-17-13(11)18-9)15-7-10-4-2-3-5-14-10/h2-6,8H,7H2,1H3,(H2,15,16,17,18). The molecule has 0 unspecified atom stereocenters.